The number of H-pyrrole nitrogens is 1. The van der Waals surface area contributed by atoms with Crippen LogP contribution >= 0.6 is 0 Å². The predicted octanol–water partition coefficient (Wildman–Crippen LogP) is 1.21. The maximum absolute atomic E-state index is 12.2. The highest BCUT2D eigenvalue weighted by Gasteiger charge is 2.15. The third kappa shape index (κ3) is 3.58. The summed E-state index contributed by atoms with van der Waals surface area (Å²) in [6.45, 7) is 2.10. The number of nitrogens with zero attached hydrogens (tertiary/aromatic N) is 1. The molecule has 1 aromatic carbocycles. The average molecular weight is 294 g/mol. The Labute approximate surface area is 118 Å². The van der Waals surface area contributed by atoms with Crippen LogP contribution in [0.15, 0.2) is 35.5 Å². The molecular weight excluding hydrogens is 276 g/mol. The molecule has 0 atom stereocenters. The summed E-state index contributed by atoms with van der Waals surface area (Å²) in [6, 6.07) is 4.77. The normalized spacial score (nSPS) is 11.7. The Hall–Kier alpha value is -1.86. The predicted molar refractivity (Wildman–Crippen MR) is 77.7 cm³/mol. The fourth-order valence-corrected chi connectivity index (χ4v) is 3.25. The largest absolute Gasteiger partial charge is 0.399 e. The van der Waals surface area contributed by atoms with E-state index in [9.17, 15) is 8.42 Å². The zero-order chi connectivity index (χ0) is 14.6. The van der Waals surface area contributed by atoms with Crippen molar-refractivity contribution in [2.45, 2.75) is 24.7 Å². The number of hydrogen-bond donors (Lipinski definition) is 3. The van der Waals surface area contributed by atoms with Crippen LogP contribution < -0.4 is 10.5 Å². The molecule has 0 amide bonds. The lowest BCUT2D eigenvalue weighted by Gasteiger charge is -2.09. The minimum atomic E-state index is -3.48. The first-order valence-corrected chi connectivity index (χ1v) is 7.81. The summed E-state index contributed by atoms with van der Waals surface area (Å²) in [5, 5.41) is 0. The number of nitrogens with one attached hydrogen (secondary N) is 2. The molecule has 0 bridgehead atoms. The van der Waals surface area contributed by atoms with Crippen molar-refractivity contribution < 1.29 is 8.42 Å². The van der Waals surface area contributed by atoms with E-state index in [1.807, 2.05) is 0 Å². The van der Waals surface area contributed by atoms with E-state index in [4.69, 9.17) is 5.73 Å². The van der Waals surface area contributed by atoms with Crippen molar-refractivity contribution in [2.24, 2.45) is 0 Å². The summed E-state index contributed by atoms with van der Waals surface area (Å²) in [4.78, 5) is 7.33. The summed E-state index contributed by atoms with van der Waals surface area (Å²) >= 11 is 0. The molecule has 2 rings (SSSR count). The molecule has 0 saturated heterocycles. The quantitative estimate of drug-likeness (QED) is 0.550. The van der Waals surface area contributed by atoms with E-state index in [0.717, 1.165) is 5.82 Å². The van der Waals surface area contributed by atoms with Crippen LogP contribution in [0.25, 0.3) is 0 Å². The summed E-state index contributed by atoms with van der Waals surface area (Å²) < 4.78 is 26.9. The van der Waals surface area contributed by atoms with Gasteiger partial charge in [-0.1, -0.05) is 0 Å². The van der Waals surface area contributed by atoms with E-state index in [2.05, 4.69) is 14.7 Å². The van der Waals surface area contributed by atoms with Gasteiger partial charge in [0, 0.05) is 31.0 Å². The van der Waals surface area contributed by atoms with E-state index in [-0.39, 0.29) is 4.90 Å². The van der Waals surface area contributed by atoms with Gasteiger partial charge in [0.05, 0.1) is 4.90 Å². The molecule has 0 aliphatic heterocycles. The van der Waals surface area contributed by atoms with Crippen LogP contribution in [0, 0.1) is 6.92 Å². The van der Waals surface area contributed by atoms with Gasteiger partial charge in [0.25, 0.3) is 0 Å². The Morgan fingerprint density at radius 1 is 1.40 bits per heavy atom. The smallest absolute Gasteiger partial charge is 0.240 e. The minimum absolute atomic E-state index is 0.268. The fourth-order valence-electron chi connectivity index (χ4n) is 1.95. The van der Waals surface area contributed by atoms with E-state index in [1.165, 1.54) is 6.07 Å². The molecule has 0 spiro atoms. The van der Waals surface area contributed by atoms with Crippen LogP contribution in [-0.2, 0) is 16.4 Å². The van der Waals surface area contributed by atoms with Crippen molar-refractivity contribution >= 4 is 15.7 Å². The highest BCUT2D eigenvalue weighted by molar-refractivity contribution is 7.89. The number of rotatable bonds is 6. The van der Waals surface area contributed by atoms with Gasteiger partial charge in [-0.25, -0.2) is 18.1 Å². The van der Waals surface area contributed by atoms with Gasteiger partial charge in [0.15, 0.2) is 0 Å². The van der Waals surface area contributed by atoms with Crippen LogP contribution in [-0.4, -0.2) is 24.9 Å². The van der Waals surface area contributed by atoms with Crippen molar-refractivity contribution in [3.05, 3.63) is 42.0 Å². The first kappa shape index (κ1) is 14.5. The van der Waals surface area contributed by atoms with Gasteiger partial charge in [-0.3, -0.25) is 0 Å². The van der Waals surface area contributed by atoms with E-state index in [0.29, 0.717) is 30.6 Å². The fraction of sp³-hybridized carbons (Fsp3) is 0.308. The Morgan fingerprint density at radius 2 is 2.20 bits per heavy atom. The van der Waals surface area contributed by atoms with Crippen molar-refractivity contribution in [2.75, 3.05) is 12.3 Å². The van der Waals surface area contributed by atoms with Crippen LogP contribution in [0.1, 0.15) is 17.8 Å². The van der Waals surface area contributed by atoms with Crippen molar-refractivity contribution in [3.8, 4) is 0 Å². The van der Waals surface area contributed by atoms with Gasteiger partial charge in [-0.2, -0.15) is 0 Å². The lowest BCUT2D eigenvalue weighted by molar-refractivity contribution is 0.577. The number of anilines is 1. The highest BCUT2D eigenvalue weighted by Crippen LogP contribution is 2.17. The molecule has 0 unspecified atom stereocenters. The van der Waals surface area contributed by atoms with Crippen LogP contribution in [0.3, 0.4) is 0 Å². The number of hydrogen-bond acceptors (Lipinski definition) is 4. The van der Waals surface area contributed by atoms with Crippen molar-refractivity contribution in [1.29, 1.82) is 0 Å². The van der Waals surface area contributed by atoms with Crippen molar-refractivity contribution in [1.82, 2.24) is 14.7 Å². The number of aromatic nitrogens is 2. The molecule has 0 fully saturated rings. The van der Waals surface area contributed by atoms with Crippen LogP contribution in [0.5, 0.6) is 0 Å². The number of aryl methyl sites for hydroxylation is 2. The highest BCUT2D eigenvalue weighted by atomic mass is 32.2. The summed E-state index contributed by atoms with van der Waals surface area (Å²) in [5.41, 5.74) is 6.82. The number of imidazole rings is 1. The lowest BCUT2D eigenvalue weighted by atomic mass is 10.2. The number of benzene rings is 1. The molecular formula is C13H18N4O2S. The topological polar surface area (TPSA) is 101 Å². The molecule has 0 saturated carbocycles. The summed E-state index contributed by atoms with van der Waals surface area (Å²) in [6.07, 6.45) is 4.81. The van der Waals surface area contributed by atoms with Gasteiger partial charge < -0.3 is 10.7 Å². The lowest BCUT2D eigenvalue weighted by Crippen LogP contribution is -2.25. The number of aromatic amines is 1. The second kappa shape index (κ2) is 6.06. The number of sulfonamides is 1. The molecule has 0 radical (unpaired) electrons. The molecule has 0 aliphatic rings. The molecule has 20 heavy (non-hydrogen) atoms. The number of nitrogens with two attached hydrogens (primary N) is 1. The average Bonchev–Trinajstić information content (AvgIpc) is 2.87. The molecule has 1 heterocycles. The van der Waals surface area contributed by atoms with Gasteiger partial charge in [0.2, 0.25) is 10.0 Å². The molecule has 6 nitrogen and oxygen atoms in total. The number of nitrogen functional groups attached to an aromatic ring is 1. The van der Waals surface area contributed by atoms with Gasteiger partial charge >= 0.3 is 0 Å². The Kier molecular flexibility index (Phi) is 4.41. The maximum atomic E-state index is 12.2. The molecule has 4 N–H and O–H groups in total. The van der Waals surface area contributed by atoms with Crippen molar-refractivity contribution in [3.63, 3.8) is 0 Å². The van der Waals surface area contributed by atoms with Crippen LogP contribution in [0.4, 0.5) is 5.69 Å². The Bertz CT molecular complexity index is 666. The SMILES string of the molecule is Cc1cc(N)ccc1S(=O)(=O)NCCCc1ncc[nH]1. The third-order valence-electron chi connectivity index (χ3n) is 2.93. The van der Waals surface area contributed by atoms with E-state index in [1.54, 1.807) is 31.5 Å². The summed E-state index contributed by atoms with van der Waals surface area (Å²) in [5.74, 6) is 0.855. The van der Waals surface area contributed by atoms with Gasteiger partial charge in [0.1, 0.15) is 5.82 Å². The van der Waals surface area contributed by atoms with E-state index < -0.39 is 10.0 Å². The zero-order valence-corrected chi connectivity index (χ0v) is 12.1. The first-order valence-electron chi connectivity index (χ1n) is 6.33. The first-order chi connectivity index (χ1) is 9.49. The molecule has 108 valence electrons. The monoisotopic (exact) mass is 294 g/mol. The van der Waals surface area contributed by atoms with Gasteiger partial charge in [-0.05, 0) is 37.1 Å². The second-order valence-electron chi connectivity index (χ2n) is 4.56. The summed E-state index contributed by atoms with van der Waals surface area (Å²) in [7, 11) is -3.48. The molecule has 2 aromatic rings. The third-order valence-corrected chi connectivity index (χ3v) is 4.55. The van der Waals surface area contributed by atoms with Crippen LogP contribution in [0.2, 0.25) is 0 Å². The zero-order valence-electron chi connectivity index (χ0n) is 11.3. The second-order valence-corrected chi connectivity index (χ2v) is 6.30. The Morgan fingerprint density at radius 3 is 2.85 bits per heavy atom. The standard InChI is InChI=1S/C13H18N4O2S/c1-10-9-11(14)4-5-12(10)20(18,19)17-6-2-3-13-15-7-8-16-13/h4-5,7-9,17H,2-3,6,14H2,1H3,(H,15,16). The molecule has 1 aromatic heterocycles. The van der Waals surface area contributed by atoms with Gasteiger partial charge in [-0.15, -0.1) is 0 Å². The minimum Gasteiger partial charge on any atom is -0.399 e. The maximum Gasteiger partial charge on any atom is 0.240 e. The van der Waals surface area contributed by atoms with E-state index >= 15 is 0 Å². The molecule has 7 heteroatoms. The molecule has 0 aliphatic carbocycles. The Balaban J connectivity index is 1.93.